The average molecular weight is 240 g/mol. The van der Waals surface area contributed by atoms with Crippen molar-refractivity contribution in [2.75, 3.05) is 14.2 Å². The predicted molar refractivity (Wildman–Crippen MR) is 55.4 cm³/mol. The highest BCUT2D eigenvalue weighted by Gasteiger charge is 2.49. The van der Waals surface area contributed by atoms with E-state index in [4.69, 9.17) is 9.47 Å². The molecular formula is C11H12O6. The SMILES string of the molecule is COC(=O)C1=C2C=COC2(C)O/C1=C(/O)OC. The predicted octanol–water partition coefficient (Wildman–Crippen LogP) is 1.12. The van der Waals surface area contributed by atoms with Crippen LogP contribution in [0, 0.1) is 0 Å². The van der Waals surface area contributed by atoms with Gasteiger partial charge >= 0.3 is 11.9 Å². The number of rotatable bonds is 2. The van der Waals surface area contributed by atoms with Gasteiger partial charge in [-0.2, -0.15) is 0 Å². The van der Waals surface area contributed by atoms with Gasteiger partial charge in [0.2, 0.25) is 5.76 Å². The third kappa shape index (κ3) is 1.52. The summed E-state index contributed by atoms with van der Waals surface area (Å²) in [4.78, 5) is 11.7. The summed E-state index contributed by atoms with van der Waals surface area (Å²) in [5.41, 5.74) is 0.589. The molecule has 0 aliphatic carbocycles. The van der Waals surface area contributed by atoms with Crippen LogP contribution in [0.1, 0.15) is 6.92 Å². The number of hydrogen-bond acceptors (Lipinski definition) is 6. The summed E-state index contributed by atoms with van der Waals surface area (Å²) in [5.74, 6) is -2.32. The zero-order chi connectivity index (χ0) is 12.6. The van der Waals surface area contributed by atoms with E-state index in [1.165, 1.54) is 20.5 Å². The minimum atomic E-state index is -1.12. The highest BCUT2D eigenvalue weighted by Crippen LogP contribution is 2.44. The number of carbonyl (C=O) groups is 1. The van der Waals surface area contributed by atoms with Crippen molar-refractivity contribution in [3.8, 4) is 0 Å². The highest BCUT2D eigenvalue weighted by molar-refractivity contribution is 5.95. The summed E-state index contributed by atoms with van der Waals surface area (Å²) in [5, 5.41) is 9.55. The molecule has 17 heavy (non-hydrogen) atoms. The number of carbonyl (C=O) groups excluding carboxylic acids is 1. The van der Waals surface area contributed by atoms with Gasteiger partial charge in [-0.25, -0.2) is 4.79 Å². The fourth-order valence-electron chi connectivity index (χ4n) is 1.75. The van der Waals surface area contributed by atoms with E-state index < -0.39 is 17.7 Å². The average Bonchev–Trinajstić information content (AvgIpc) is 2.80. The van der Waals surface area contributed by atoms with Crippen LogP contribution in [-0.4, -0.2) is 31.1 Å². The quantitative estimate of drug-likeness (QED) is 0.576. The van der Waals surface area contributed by atoms with Crippen molar-refractivity contribution in [1.82, 2.24) is 0 Å². The molecule has 92 valence electrons. The summed E-state index contributed by atoms with van der Waals surface area (Å²) >= 11 is 0. The summed E-state index contributed by atoms with van der Waals surface area (Å²) in [7, 11) is 2.50. The van der Waals surface area contributed by atoms with E-state index >= 15 is 0 Å². The molecule has 2 aliphatic rings. The van der Waals surface area contributed by atoms with Crippen molar-refractivity contribution in [3.05, 3.63) is 35.2 Å². The Kier molecular flexibility index (Phi) is 2.49. The zero-order valence-corrected chi connectivity index (χ0v) is 9.64. The summed E-state index contributed by atoms with van der Waals surface area (Å²) < 4.78 is 20.0. The van der Waals surface area contributed by atoms with Crippen molar-refractivity contribution in [2.45, 2.75) is 12.7 Å². The van der Waals surface area contributed by atoms with Crippen molar-refractivity contribution in [3.63, 3.8) is 0 Å². The Morgan fingerprint density at radius 3 is 2.71 bits per heavy atom. The van der Waals surface area contributed by atoms with Crippen molar-refractivity contribution in [1.29, 1.82) is 0 Å². The number of hydrogen-bond donors (Lipinski definition) is 1. The van der Waals surface area contributed by atoms with Crippen LogP contribution in [0.3, 0.4) is 0 Å². The van der Waals surface area contributed by atoms with Gasteiger partial charge in [0.1, 0.15) is 5.57 Å². The van der Waals surface area contributed by atoms with Crippen LogP contribution in [-0.2, 0) is 23.7 Å². The molecular weight excluding hydrogens is 228 g/mol. The van der Waals surface area contributed by atoms with E-state index in [1.807, 2.05) is 0 Å². The molecule has 0 radical (unpaired) electrons. The molecule has 2 aliphatic heterocycles. The number of aliphatic hydroxyl groups excluding tert-OH is 1. The molecule has 1 N–H and O–H groups in total. The molecule has 0 aromatic heterocycles. The first kappa shape index (κ1) is 11.4. The van der Waals surface area contributed by atoms with Gasteiger partial charge in [0, 0.05) is 6.92 Å². The Morgan fingerprint density at radius 1 is 1.41 bits per heavy atom. The molecule has 2 rings (SSSR count). The third-order valence-electron chi connectivity index (χ3n) is 2.59. The van der Waals surface area contributed by atoms with Gasteiger partial charge in [0.25, 0.3) is 5.79 Å². The molecule has 0 bridgehead atoms. The molecule has 0 aromatic carbocycles. The van der Waals surface area contributed by atoms with E-state index in [-0.39, 0.29) is 11.3 Å². The fraction of sp³-hybridized carbons (Fsp3) is 0.364. The van der Waals surface area contributed by atoms with Gasteiger partial charge in [0.05, 0.1) is 26.1 Å². The Labute approximate surface area is 97.7 Å². The van der Waals surface area contributed by atoms with E-state index in [1.54, 1.807) is 13.0 Å². The number of methoxy groups -OCH3 is 2. The van der Waals surface area contributed by atoms with Gasteiger partial charge in [-0.05, 0) is 6.08 Å². The Morgan fingerprint density at radius 2 is 2.12 bits per heavy atom. The molecule has 0 spiro atoms. The Bertz CT molecular complexity index is 459. The second-order valence-electron chi connectivity index (χ2n) is 3.59. The van der Waals surface area contributed by atoms with Crippen LogP contribution in [0.15, 0.2) is 35.2 Å². The van der Waals surface area contributed by atoms with Crippen molar-refractivity contribution >= 4 is 5.97 Å². The number of esters is 1. The first-order valence-corrected chi connectivity index (χ1v) is 4.87. The topological polar surface area (TPSA) is 74.2 Å². The van der Waals surface area contributed by atoms with Crippen molar-refractivity contribution in [2.24, 2.45) is 0 Å². The number of ether oxygens (including phenoxy) is 4. The van der Waals surface area contributed by atoms with Gasteiger partial charge in [-0.3, -0.25) is 0 Å². The Hall–Kier alpha value is -2.11. The van der Waals surface area contributed by atoms with E-state index in [9.17, 15) is 9.90 Å². The third-order valence-corrected chi connectivity index (χ3v) is 2.59. The minimum absolute atomic E-state index is 0.0822. The first-order valence-electron chi connectivity index (χ1n) is 4.87. The molecule has 1 unspecified atom stereocenters. The maximum absolute atomic E-state index is 11.7. The lowest BCUT2D eigenvalue weighted by Crippen LogP contribution is -2.24. The molecule has 0 amide bonds. The van der Waals surface area contributed by atoms with Crippen LogP contribution >= 0.6 is 0 Å². The monoisotopic (exact) mass is 240 g/mol. The minimum Gasteiger partial charge on any atom is -0.478 e. The molecule has 0 saturated heterocycles. The number of aliphatic hydroxyl groups is 1. The lowest BCUT2D eigenvalue weighted by atomic mass is 10.0. The van der Waals surface area contributed by atoms with Gasteiger partial charge < -0.3 is 24.1 Å². The molecule has 2 heterocycles. The van der Waals surface area contributed by atoms with Crippen LogP contribution in [0.25, 0.3) is 0 Å². The standard InChI is InChI=1S/C11H12O6/c1-11-6(4-5-16-11)7(9(12)14-2)8(17-11)10(13)15-3/h4-5,13H,1-3H3/b10-8-. The van der Waals surface area contributed by atoms with Gasteiger partial charge in [-0.15, -0.1) is 0 Å². The fourth-order valence-corrected chi connectivity index (χ4v) is 1.75. The van der Waals surface area contributed by atoms with Crippen LogP contribution in [0.4, 0.5) is 0 Å². The largest absolute Gasteiger partial charge is 0.478 e. The second-order valence-corrected chi connectivity index (χ2v) is 3.59. The molecule has 0 saturated carbocycles. The molecule has 6 heteroatoms. The molecule has 0 fully saturated rings. The van der Waals surface area contributed by atoms with Gasteiger partial charge in [-0.1, -0.05) is 0 Å². The normalized spacial score (nSPS) is 28.4. The molecule has 0 aromatic rings. The maximum atomic E-state index is 11.7. The second kappa shape index (κ2) is 3.73. The number of fused-ring (bicyclic) bond motifs is 1. The summed E-state index contributed by atoms with van der Waals surface area (Å²) in [6, 6.07) is 0. The Balaban J connectivity index is 2.58. The van der Waals surface area contributed by atoms with Crippen LogP contribution in [0.2, 0.25) is 0 Å². The van der Waals surface area contributed by atoms with Crippen molar-refractivity contribution < 1.29 is 28.8 Å². The zero-order valence-electron chi connectivity index (χ0n) is 9.64. The van der Waals surface area contributed by atoms with E-state index in [2.05, 4.69) is 9.47 Å². The molecule has 6 nitrogen and oxygen atoms in total. The summed E-state index contributed by atoms with van der Waals surface area (Å²) in [6.07, 6.45) is 3.00. The lowest BCUT2D eigenvalue weighted by Gasteiger charge is -2.20. The maximum Gasteiger partial charge on any atom is 0.342 e. The van der Waals surface area contributed by atoms with Crippen LogP contribution in [0.5, 0.6) is 0 Å². The van der Waals surface area contributed by atoms with E-state index in [0.717, 1.165) is 0 Å². The van der Waals surface area contributed by atoms with E-state index in [0.29, 0.717) is 5.57 Å². The summed E-state index contributed by atoms with van der Waals surface area (Å²) in [6.45, 7) is 1.63. The first-order chi connectivity index (χ1) is 8.03. The van der Waals surface area contributed by atoms with Gasteiger partial charge in [0.15, 0.2) is 0 Å². The highest BCUT2D eigenvalue weighted by atomic mass is 16.7. The van der Waals surface area contributed by atoms with Crippen LogP contribution < -0.4 is 0 Å². The molecule has 1 atom stereocenters. The lowest BCUT2D eigenvalue weighted by molar-refractivity contribution is -0.136. The smallest absolute Gasteiger partial charge is 0.342 e.